The van der Waals surface area contributed by atoms with E-state index in [0.717, 1.165) is 5.56 Å². The number of benzene rings is 1. The third-order valence-corrected chi connectivity index (χ3v) is 6.11. The molecular weight excluding hydrogens is 494 g/mol. The average molecular weight is 522 g/mol. The number of anilines is 1. The maximum Gasteiger partial charge on any atom is 0.410 e. The average Bonchev–Trinajstić information content (AvgIpc) is 3.22. The molecule has 0 aliphatic carbocycles. The van der Waals surface area contributed by atoms with Crippen LogP contribution in [0, 0.1) is 23.2 Å². The zero-order chi connectivity index (χ0) is 26.7. The predicted molar refractivity (Wildman–Crippen MR) is 141 cm³/mol. The summed E-state index contributed by atoms with van der Waals surface area (Å²) in [5.74, 6) is 6.44. The van der Waals surface area contributed by atoms with E-state index in [1.807, 2.05) is 31.7 Å². The first-order valence-electron chi connectivity index (χ1n) is 11.9. The quantitative estimate of drug-likeness (QED) is 0.383. The van der Waals surface area contributed by atoms with Crippen molar-refractivity contribution in [1.29, 1.82) is 5.26 Å². The summed E-state index contributed by atoms with van der Waals surface area (Å²) in [4.78, 5) is 38.9. The van der Waals surface area contributed by atoms with E-state index in [4.69, 9.17) is 16.3 Å². The summed E-state index contributed by atoms with van der Waals surface area (Å²) < 4.78 is 8.61. The van der Waals surface area contributed by atoms with Gasteiger partial charge in [-0.25, -0.2) is 4.79 Å². The molecule has 0 unspecified atom stereocenters. The van der Waals surface area contributed by atoms with Crippen molar-refractivity contribution in [3.63, 3.8) is 0 Å². The Bertz CT molecular complexity index is 1490. The highest BCUT2D eigenvalue weighted by atomic mass is 35.5. The minimum absolute atomic E-state index is 0.00683. The molecule has 2 aromatic heterocycles. The molecule has 10 nitrogen and oxygen atoms in total. The Morgan fingerprint density at radius 3 is 2.54 bits per heavy atom. The number of nitrogens with zero attached hydrogens (tertiary/aromatic N) is 7. The fraction of sp³-hybridized carbons (Fsp3) is 0.423. The number of hydrogen-bond acceptors (Lipinski definition) is 7. The van der Waals surface area contributed by atoms with E-state index < -0.39 is 5.60 Å². The zero-order valence-corrected chi connectivity index (χ0v) is 22.0. The largest absolute Gasteiger partial charge is 0.444 e. The Labute approximate surface area is 220 Å². The summed E-state index contributed by atoms with van der Waals surface area (Å²) in [5, 5.41) is 9.21. The molecule has 0 N–H and O–H groups in total. The third kappa shape index (κ3) is 5.71. The minimum atomic E-state index is -0.568. The van der Waals surface area contributed by atoms with Crippen LogP contribution in [0.15, 0.2) is 29.1 Å². The summed E-state index contributed by atoms with van der Waals surface area (Å²) >= 11 is 6.43. The first kappa shape index (κ1) is 26.1. The van der Waals surface area contributed by atoms with Gasteiger partial charge in [-0.05, 0) is 57.0 Å². The van der Waals surface area contributed by atoms with E-state index in [1.165, 1.54) is 4.57 Å². The van der Waals surface area contributed by atoms with Gasteiger partial charge in [-0.3, -0.25) is 13.9 Å². The number of halogens is 1. The highest BCUT2D eigenvalue weighted by Gasteiger charge is 2.29. The van der Waals surface area contributed by atoms with Crippen molar-refractivity contribution in [3.05, 3.63) is 51.0 Å². The van der Waals surface area contributed by atoms with Gasteiger partial charge in [-0.15, -0.1) is 5.92 Å². The molecule has 11 heteroatoms. The number of ether oxygens (including phenoxy) is 1. The van der Waals surface area contributed by atoms with Crippen molar-refractivity contribution in [1.82, 2.24) is 24.0 Å². The van der Waals surface area contributed by atoms with Crippen molar-refractivity contribution in [2.45, 2.75) is 46.4 Å². The number of aromatic nitrogens is 4. The van der Waals surface area contributed by atoms with Crippen LogP contribution in [0.3, 0.4) is 0 Å². The lowest BCUT2D eigenvalue weighted by molar-refractivity contribution is 0.0240. The second kappa shape index (κ2) is 10.5. The monoisotopic (exact) mass is 521 g/mol. The van der Waals surface area contributed by atoms with Gasteiger partial charge in [0.15, 0.2) is 11.2 Å². The summed E-state index contributed by atoms with van der Waals surface area (Å²) in [5.41, 5.74) is 0.866. The number of carbonyl (C=O) groups excluding carboxylic acids is 1. The van der Waals surface area contributed by atoms with Gasteiger partial charge in [-0.2, -0.15) is 15.2 Å². The number of carbonyl (C=O) groups is 1. The fourth-order valence-electron chi connectivity index (χ4n) is 4.10. The molecule has 0 atom stereocenters. The van der Waals surface area contributed by atoms with Crippen LogP contribution >= 0.6 is 11.6 Å². The van der Waals surface area contributed by atoms with Gasteiger partial charge >= 0.3 is 6.09 Å². The van der Waals surface area contributed by atoms with Crippen molar-refractivity contribution < 1.29 is 9.53 Å². The van der Waals surface area contributed by atoms with Gasteiger partial charge in [0, 0.05) is 26.2 Å². The summed E-state index contributed by atoms with van der Waals surface area (Å²) in [7, 11) is 0. The van der Waals surface area contributed by atoms with Crippen molar-refractivity contribution in [2.24, 2.45) is 0 Å². The number of piperazine rings is 1. The van der Waals surface area contributed by atoms with Crippen LogP contribution < -0.4 is 10.5 Å². The minimum Gasteiger partial charge on any atom is -0.444 e. The third-order valence-electron chi connectivity index (χ3n) is 5.82. The number of hydrogen-bond donors (Lipinski definition) is 0. The van der Waals surface area contributed by atoms with E-state index in [2.05, 4.69) is 27.9 Å². The Balaban J connectivity index is 1.68. The maximum absolute atomic E-state index is 13.6. The first-order chi connectivity index (χ1) is 17.6. The lowest BCUT2D eigenvalue weighted by Crippen LogP contribution is -2.50. The number of imidazole rings is 1. The van der Waals surface area contributed by atoms with Gasteiger partial charge in [0.2, 0.25) is 11.2 Å². The Hall–Kier alpha value is -4.02. The Morgan fingerprint density at radius 2 is 1.89 bits per heavy atom. The molecular formula is C26H28ClN7O3. The number of fused-ring (bicyclic) bond motifs is 1. The van der Waals surface area contributed by atoms with Crippen LogP contribution in [-0.4, -0.2) is 61.9 Å². The summed E-state index contributed by atoms with van der Waals surface area (Å²) in [6.07, 6.45) is -0.352. The molecule has 3 heterocycles. The molecule has 0 radical (unpaired) electrons. The number of nitriles is 1. The van der Waals surface area contributed by atoms with Crippen LogP contribution in [-0.2, 0) is 17.8 Å². The van der Waals surface area contributed by atoms with E-state index in [-0.39, 0.29) is 35.7 Å². The molecule has 0 spiro atoms. The van der Waals surface area contributed by atoms with Crippen molar-refractivity contribution in [3.8, 4) is 17.9 Å². The zero-order valence-electron chi connectivity index (χ0n) is 21.3. The maximum atomic E-state index is 13.6. The Morgan fingerprint density at radius 1 is 1.16 bits per heavy atom. The van der Waals surface area contributed by atoms with E-state index in [9.17, 15) is 14.9 Å². The second-order valence-corrected chi connectivity index (χ2v) is 9.97. The molecule has 1 fully saturated rings. The first-order valence-corrected chi connectivity index (χ1v) is 12.3. The van der Waals surface area contributed by atoms with E-state index in [0.29, 0.717) is 43.2 Å². The molecule has 37 heavy (non-hydrogen) atoms. The molecule has 0 bridgehead atoms. The van der Waals surface area contributed by atoms with E-state index >= 15 is 0 Å². The SMILES string of the molecule is CC#CCn1c(N2CCN(C(=O)OC(C)(C)C)CC2)nc2nc(Cl)n(Cc3cccc(C#N)c3)c(=O)c21. The summed E-state index contributed by atoms with van der Waals surface area (Å²) in [6, 6.07) is 9.09. The van der Waals surface area contributed by atoms with Gasteiger partial charge in [0.05, 0.1) is 24.7 Å². The lowest BCUT2D eigenvalue weighted by Gasteiger charge is -2.36. The van der Waals surface area contributed by atoms with Gasteiger partial charge in [0.1, 0.15) is 5.60 Å². The molecule has 1 aliphatic heterocycles. The predicted octanol–water partition coefficient (Wildman–Crippen LogP) is 3.25. The molecule has 1 saturated heterocycles. The van der Waals surface area contributed by atoms with Gasteiger partial charge in [-0.1, -0.05) is 18.1 Å². The molecule has 4 rings (SSSR count). The number of rotatable bonds is 4. The highest BCUT2D eigenvalue weighted by molar-refractivity contribution is 6.28. The van der Waals surface area contributed by atoms with Crippen molar-refractivity contribution in [2.75, 3.05) is 31.1 Å². The highest BCUT2D eigenvalue weighted by Crippen LogP contribution is 2.23. The van der Waals surface area contributed by atoms with Crippen molar-refractivity contribution >= 4 is 34.8 Å². The lowest BCUT2D eigenvalue weighted by atomic mass is 10.1. The van der Waals surface area contributed by atoms with Crippen LogP contribution in [0.4, 0.5) is 10.7 Å². The standard InChI is InChI=1S/C26H28ClN7O3/c1-5-6-10-33-20-21(29-23(27)34(22(20)35)17-19-9-7-8-18(15-19)16-28)30-24(33)31-11-13-32(14-12-31)25(36)37-26(2,3)4/h7-9,15H,10-14,17H2,1-4H3. The smallest absolute Gasteiger partial charge is 0.410 e. The van der Waals surface area contributed by atoms with Crippen LogP contribution in [0.2, 0.25) is 5.28 Å². The molecule has 0 saturated carbocycles. The van der Waals surface area contributed by atoms with E-state index in [1.54, 1.807) is 34.6 Å². The Kier molecular flexibility index (Phi) is 7.42. The molecule has 1 amide bonds. The molecule has 3 aromatic rings. The second-order valence-electron chi connectivity index (χ2n) is 9.64. The topological polar surface area (TPSA) is 109 Å². The van der Waals surface area contributed by atoms with Crippen LogP contribution in [0.25, 0.3) is 11.2 Å². The molecule has 1 aliphatic rings. The normalized spacial score (nSPS) is 13.7. The summed E-state index contributed by atoms with van der Waals surface area (Å²) in [6.45, 7) is 9.55. The molecule has 1 aromatic carbocycles. The van der Waals surface area contributed by atoms with Gasteiger partial charge < -0.3 is 14.5 Å². The van der Waals surface area contributed by atoms with Crippen LogP contribution in [0.1, 0.15) is 38.8 Å². The number of amides is 1. The van der Waals surface area contributed by atoms with Gasteiger partial charge in [0.25, 0.3) is 5.56 Å². The molecule has 192 valence electrons. The van der Waals surface area contributed by atoms with Crippen LogP contribution in [0.5, 0.6) is 0 Å². The fourth-order valence-corrected chi connectivity index (χ4v) is 4.32.